The van der Waals surface area contributed by atoms with Crippen LogP contribution in [0.4, 0.5) is 0 Å². The summed E-state index contributed by atoms with van der Waals surface area (Å²) < 4.78 is 2.03. The van der Waals surface area contributed by atoms with Crippen molar-refractivity contribution < 1.29 is 4.79 Å². The van der Waals surface area contributed by atoms with E-state index >= 15 is 0 Å². The number of aromatic nitrogens is 2. The van der Waals surface area contributed by atoms with Crippen LogP contribution >= 0.6 is 0 Å². The van der Waals surface area contributed by atoms with E-state index in [-0.39, 0.29) is 5.91 Å². The van der Waals surface area contributed by atoms with Crippen molar-refractivity contribution >= 4 is 5.91 Å². The first kappa shape index (κ1) is 16.7. The quantitative estimate of drug-likeness (QED) is 0.754. The van der Waals surface area contributed by atoms with Crippen molar-refractivity contribution in [3.8, 4) is 0 Å². The van der Waals surface area contributed by atoms with Gasteiger partial charge in [0.25, 0.3) is 0 Å². The lowest BCUT2D eigenvalue weighted by Crippen LogP contribution is -2.37. The van der Waals surface area contributed by atoms with E-state index in [4.69, 9.17) is 0 Å². The molecule has 0 unspecified atom stereocenters. The van der Waals surface area contributed by atoms with Crippen LogP contribution in [0.15, 0.2) is 12.3 Å². The largest absolute Gasteiger partial charge is 0.342 e. The number of amides is 1. The van der Waals surface area contributed by atoms with Gasteiger partial charge in [-0.15, -0.1) is 0 Å². The van der Waals surface area contributed by atoms with Crippen molar-refractivity contribution in [3.05, 3.63) is 18.0 Å². The fourth-order valence-corrected chi connectivity index (χ4v) is 2.32. The molecular weight excluding hydrogens is 252 g/mol. The summed E-state index contributed by atoms with van der Waals surface area (Å²) in [5.41, 5.74) is 0.990. The van der Waals surface area contributed by atoms with Gasteiger partial charge in [-0.05, 0) is 32.8 Å². The number of nitrogens with one attached hydrogen (secondary N) is 1. The van der Waals surface area contributed by atoms with E-state index in [0.29, 0.717) is 19.1 Å². The first-order valence-corrected chi connectivity index (χ1v) is 7.68. The SMILES string of the molecule is CCC(CC)n1ccc(CNCC(=O)N(CC)CC)n1. The first-order valence-electron chi connectivity index (χ1n) is 7.68. The van der Waals surface area contributed by atoms with Crippen molar-refractivity contribution in [2.75, 3.05) is 19.6 Å². The number of hydrogen-bond acceptors (Lipinski definition) is 3. The summed E-state index contributed by atoms with van der Waals surface area (Å²) in [6.07, 6.45) is 4.21. The number of hydrogen-bond donors (Lipinski definition) is 1. The molecule has 5 heteroatoms. The number of likely N-dealkylation sites (N-methyl/N-ethyl adjacent to an activating group) is 1. The molecule has 0 aliphatic rings. The van der Waals surface area contributed by atoms with Crippen molar-refractivity contribution in [1.82, 2.24) is 20.0 Å². The zero-order valence-corrected chi connectivity index (χ0v) is 13.2. The molecule has 0 aliphatic carbocycles. The van der Waals surface area contributed by atoms with Crippen LogP contribution in [0.25, 0.3) is 0 Å². The van der Waals surface area contributed by atoms with Gasteiger partial charge in [0, 0.05) is 25.8 Å². The smallest absolute Gasteiger partial charge is 0.236 e. The van der Waals surface area contributed by atoms with Gasteiger partial charge in [0.2, 0.25) is 5.91 Å². The molecular formula is C15H28N4O. The summed E-state index contributed by atoms with van der Waals surface area (Å²) in [4.78, 5) is 13.7. The van der Waals surface area contributed by atoms with Gasteiger partial charge in [-0.25, -0.2) is 0 Å². The Morgan fingerprint density at radius 1 is 1.30 bits per heavy atom. The zero-order chi connectivity index (χ0) is 15.0. The number of carbonyl (C=O) groups excluding carboxylic acids is 1. The van der Waals surface area contributed by atoms with Crippen LogP contribution in [0.2, 0.25) is 0 Å². The molecule has 114 valence electrons. The standard InChI is InChI=1S/C15H28N4O/c1-5-14(6-2)19-10-9-13(17-19)11-16-12-15(20)18(7-3)8-4/h9-10,14,16H,5-8,11-12H2,1-4H3. The minimum absolute atomic E-state index is 0.148. The molecule has 5 nitrogen and oxygen atoms in total. The van der Waals surface area contributed by atoms with Gasteiger partial charge in [-0.2, -0.15) is 5.10 Å². The second kappa shape index (κ2) is 8.74. The van der Waals surface area contributed by atoms with E-state index in [1.54, 1.807) is 0 Å². The molecule has 0 spiro atoms. The maximum absolute atomic E-state index is 11.8. The monoisotopic (exact) mass is 280 g/mol. The van der Waals surface area contributed by atoms with E-state index < -0.39 is 0 Å². The van der Waals surface area contributed by atoms with Crippen molar-refractivity contribution in [1.29, 1.82) is 0 Å². The van der Waals surface area contributed by atoms with E-state index in [1.807, 2.05) is 35.7 Å². The average Bonchev–Trinajstić information content (AvgIpc) is 2.90. The predicted octanol–water partition coefficient (Wildman–Crippen LogP) is 2.20. The molecule has 1 aromatic rings. The van der Waals surface area contributed by atoms with Gasteiger partial charge >= 0.3 is 0 Å². The minimum Gasteiger partial charge on any atom is -0.342 e. The van der Waals surface area contributed by atoms with Gasteiger partial charge < -0.3 is 10.2 Å². The fourth-order valence-electron chi connectivity index (χ4n) is 2.32. The zero-order valence-electron chi connectivity index (χ0n) is 13.2. The summed E-state index contributed by atoms with van der Waals surface area (Å²) in [5, 5.41) is 7.74. The molecule has 1 N–H and O–H groups in total. The number of rotatable bonds is 9. The van der Waals surface area contributed by atoms with Crippen molar-refractivity contribution in [2.24, 2.45) is 0 Å². The third-order valence-electron chi connectivity index (χ3n) is 3.68. The van der Waals surface area contributed by atoms with Gasteiger partial charge in [0.05, 0.1) is 18.3 Å². The van der Waals surface area contributed by atoms with Crippen LogP contribution in [0.1, 0.15) is 52.3 Å². The van der Waals surface area contributed by atoms with Gasteiger partial charge in [0.15, 0.2) is 0 Å². The Kier molecular flexibility index (Phi) is 7.30. The summed E-state index contributed by atoms with van der Waals surface area (Å²) in [6.45, 7) is 10.9. The maximum atomic E-state index is 11.8. The van der Waals surface area contributed by atoms with Crippen LogP contribution in [0.3, 0.4) is 0 Å². The molecule has 1 heterocycles. The molecule has 0 atom stereocenters. The lowest BCUT2D eigenvalue weighted by atomic mass is 10.2. The molecule has 1 amide bonds. The van der Waals surface area contributed by atoms with Gasteiger partial charge in [0.1, 0.15) is 0 Å². The molecule has 0 aromatic carbocycles. The van der Waals surface area contributed by atoms with E-state index in [9.17, 15) is 4.79 Å². The molecule has 0 radical (unpaired) electrons. The predicted molar refractivity (Wildman–Crippen MR) is 81.5 cm³/mol. The van der Waals surface area contributed by atoms with Crippen LogP contribution < -0.4 is 5.32 Å². The van der Waals surface area contributed by atoms with Crippen LogP contribution in [-0.2, 0) is 11.3 Å². The Morgan fingerprint density at radius 2 is 1.95 bits per heavy atom. The Morgan fingerprint density at radius 3 is 2.50 bits per heavy atom. The fraction of sp³-hybridized carbons (Fsp3) is 0.733. The van der Waals surface area contributed by atoms with E-state index in [0.717, 1.165) is 31.6 Å². The molecule has 0 bridgehead atoms. The Labute approximate surface area is 122 Å². The summed E-state index contributed by atoms with van der Waals surface area (Å²) in [5.74, 6) is 0.148. The van der Waals surface area contributed by atoms with Gasteiger partial charge in [-0.3, -0.25) is 9.48 Å². The summed E-state index contributed by atoms with van der Waals surface area (Å²) in [6, 6.07) is 2.49. The highest BCUT2D eigenvalue weighted by Crippen LogP contribution is 2.14. The molecule has 1 rings (SSSR count). The van der Waals surface area contributed by atoms with Crippen molar-refractivity contribution in [3.63, 3.8) is 0 Å². The van der Waals surface area contributed by atoms with Gasteiger partial charge in [-0.1, -0.05) is 13.8 Å². The average molecular weight is 280 g/mol. The Balaban J connectivity index is 2.41. The summed E-state index contributed by atoms with van der Waals surface area (Å²) in [7, 11) is 0. The Bertz CT molecular complexity index is 394. The maximum Gasteiger partial charge on any atom is 0.236 e. The van der Waals surface area contributed by atoms with Crippen LogP contribution in [0, 0.1) is 0 Å². The minimum atomic E-state index is 0.148. The second-order valence-electron chi connectivity index (χ2n) is 4.93. The third-order valence-corrected chi connectivity index (χ3v) is 3.68. The number of nitrogens with zero attached hydrogens (tertiary/aromatic N) is 3. The summed E-state index contributed by atoms with van der Waals surface area (Å²) >= 11 is 0. The molecule has 20 heavy (non-hydrogen) atoms. The van der Waals surface area contributed by atoms with Crippen LogP contribution in [-0.4, -0.2) is 40.2 Å². The molecule has 1 aromatic heterocycles. The second-order valence-corrected chi connectivity index (χ2v) is 4.93. The lowest BCUT2D eigenvalue weighted by molar-refractivity contribution is -0.129. The third kappa shape index (κ3) is 4.63. The topological polar surface area (TPSA) is 50.2 Å². The molecule has 0 saturated heterocycles. The molecule has 0 fully saturated rings. The highest BCUT2D eigenvalue weighted by atomic mass is 16.2. The first-order chi connectivity index (χ1) is 9.65. The Hall–Kier alpha value is -1.36. The highest BCUT2D eigenvalue weighted by Gasteiger charge is 2.10. The lowest BCUT2D eigenvalue weighted by Gasteiger charge is -2.18. The molecule has 0 saturated carbocycles. The van der Waals surface area contributed by atoms with Crippen molar-refractivity contribution in [2.45, 2.75) is 53.1 Å². The molecule has 0 aliphatic heterocycles. The normalized spacial score (nSPS) is 11.1. The highest BCUT2D eigenvalue weighted by molar-refractivity contribution is 5.78. The van der Waals surface area contributed by atoms with E-state index in [1.165, 1.54) is 0 Å². The number of carbonyl (C=O) groups is 1. The van der Waals surface area contributed by atoms with Crippen LogP contribution in [0.5, 0.6) is 0 Å². The van der Waals surface area contributed by atoms with E-state index in [2.05, 4.69) is 24.3 Å².